The minimum absolute atomic E-state index is 0.209. The average molecular weight is 336 g/mol. The number of ether oxygens (including phenoxy) is 1. The number of carboxylic acids is 1. The molecule has 0 radical (unpaired) electrons. The lowest BCUT2D eigenvalue weighted by molar-refractivity contribution is 0.0698. The molecule has 2 heterocycles. The summed E-state index contributed by atoms with van der Waals surface area (Å²) in [5.41, 5.74) is 3.27. The number of nitrogens with zero attached hydrogens (tertiary/aromatic N) is 1. The predicted molar refractivity (Wildman–Crippen MR) is 95.2 cm³/mol. The van der Waals surface area contributed by atoms with Crippen LogP contribution in [0.1, 0.15) is 52.6 Å². The van der Waals surface area contributed by atoms with Gasteiger partial charge in [0.05, 0.1) is 24.1 Å². The van der Waals surface area contributed by atoms with E-state index in [2.05, 4.69) is 34.6 Å². The van der Waals surface area contributed by atoms with Crippen LogP contribution in [0.25, 0.3) is 0 Å². The van der Waals surface area contributed by atoms with Gasteiger partial charge in [-0.2, -0.15) is 0 Å². The Labute approximate surface area is 146 Å². The molecule has 1 aromatic heterocycles. The molecule has 2 aliphatic rings. The molecule has 0 saturated heterocycles. The third-order valence-corrected chi connectivity index (χ3v) is 4.79. The summed E-state index contributed by atoms with van der Waals surface area (Å²) in [6, 6.07) is 8.05. The Morgan fingerprint density at radius 2 is 2.16 bits per heavy atom. The highest BCUT2D eigenvalue weighted by Crippen LogP contribution is 2.44. The van der Waals surface area contributed by atoms with Gasteiger partial charge in [-0.25, -0.2) is 4.79 Å². The number of fused-ring (bicyclic) bond motifs is 1. The summed E-state index contributed by atoms with van der Waals surface area (Å²) in [4.78, 5) is 15.2. The number of carbonyl (C=O) groups is 1. The molecular weight excluding hydrogens is 316 g/mol. The Bertz CT molecular complexity index is 827. The van der Waals surface area contributed by atoms with Crippen LogP contribution in [0.3, 0.4) is 0 Å². The number of benzene rings is 1. The summed E-state index contributed by atoms with van der Waals surface area (Å²) in [5, 5.41) is 12.3. The van der Waals surface area contributed by atoms with Crippen molar-refractivity contribution in [1.29, 1.82) is 0 Å². The Kier molecular flexibility index (Phi) is 4.14. The Hall–Kier alpha value is -2.82. The maximum atomic E-state index is 11.2. The van der Waals surface area contributed by atoms with Crippen LogP contribution in [0.4, 0.5) is 5.69 Å². The lowest BCUT2D eigenvalue weighted by atomic mass is 9.91. The summed E-state index contributed by atoms with van der Waals surface area (Å²) in [5.74, 6) is 0.987. The lowest BCUT2D eigenvalue weighted by Crippen LogP contribution is -2.13. The first-order chi connectivity index (χ1) is 12.2. The number of aromatic carboxylic acids is 1. The molecule has 1 atom stereocenters. The molecule has 1 unspecified atom stereocenters. The van der Waals surface area contributed by atoms with E-state index in [1.807, 2.05) is 0 Å². The first-order valence-corrected chi connectivity index (χ1v) is 8.59. The van der Waals surface area contributed by atoms with E-state index in [1.165, 1.54) is 42.4 Å². The number of aromatic nitrogens is 1. The average Bonchev–Trinajstić information content (AvgIpc) is 3.47. The van der Waals surface area contributed by atoms with Crippen molar-refractivity contribution in [2.24, 2.45) is 0 Å². The van der Waals surface area contributed by atoms with Crippen LogP contribution in [-0.4, -0.2) is 22.7 Å². The van der Waals surface area contributed by atoms with Gasteiger partial charge in [-0.15, -0.1) is 0 Å². The Balaban J connectivity index is 1.50. The molecule has 0 spiro atoms. The van der Waals surface area contributed by atoms with Crippen LogP contribution in [0, 0.1) is 0 Å². The molecule has 2 aromatic rings. The fourth-order valence-electron chi connectivity index (χ4n) is 3.25. The Morgan fingerprint density at radius 3 is 2.96 bits per heavy atom. The summed E-state index contributed by atoms with van der Waals surface area (Å²) in [7, 11) is 0. The van der Waals surface area contributed by atoms with E-state index in [0.29, 0.717) is 18.2 Å². The molecule has 1 aliphatic carbocycles. The molecule has 4 rings (SSSR count). The van der Waals surface area contributed by atoms with E-state index in [4.69, 9.17) is 4.74 Å². The van der Waals surface area contributed by atoms with Gasteiger partial charge in [-0.1, -0.05) is 18.2 Å². The van der Waals surface area contributed by atoms with Gasteiger partial charge in [0, 0.05) is 17.7 Å². The van der Waals surface area contributed by atoms with Gasteiger partial charge in [0.1, 0.15) is 5.75 Å². The standard InChI is InChI=1S/C20H20N2O3/c23-20(24)17-6-8-21-12-18(17)22-9-5-14-7-10-25-19-11-15(13-1-2-13)3-4-16(14)19/h3-6,8-9,11-14,22H,1-2,7,10H2,(H,23,24)/b9-5+. The van der Waals surface area contributed by atoms with Crippen molar-refractivity contribution >= 4 is 11.7 Å². The minimum atomic E-state index is -0.970. The van der Waals surface area contributed by atoms with Crippen molar-refractivity contribution in [3.8, 4) is 5.75 Å². The van der Waals surface area contributed by atoms with E-state index in [9.17, 15) is 9.90 Å². The predicted octanol–water partition coefficient (Wildman–Crippen LogP) is 4.15. The van der Waals surface area contributed by atoms with Gasteiger partial charge in [0.15, 0.2) is 0 Å². The van der Waals surface area contributed by atoms with Gasteiger partial charge < -0.3 is 15.2 Å². The van der Waals surface area contributed by atoms with Gasteiger partial charge in [-0.05, 0) is 49.1 Å². The fraction of sp³-hybridized carbons (Fsp3) is 0.300. The number of allylic oxidation sites excluding steroid dienone is 1. The van der Waals surface area contributed by atoms with E-state index in [0.717, 1.165) is 12.2 Å². The monoisotopic (exact) mass is 336 g/mol. The molecule has 1 fully saturated rings. The molecule has 0 bridgehead atoms. The van der Waals surface area contributed by atoms with Crippen molar-refractivity contribution in [3.05, 3.63) is 65.6 Å². The number of rotatable bonds is 5. The summed E-state index contributed by atoms with van der Waals surface area (Å²) in [6.07, 6.45) is 10.3. The fourth-order valence-corrected chi connectivity index (χ4v) is 3.25. The minimum Gasteiger partial charge on any atom is -0.493 e. The lowest BCUT2D eigenvalue weighted by Gasteiger charge is -2.24. The van der Waals surface area contributed by atoms with Gasteiger partial charge >= 0.3 is 5.97 Å². The Morgan fingerprint density at radius 1 is 1.28 bits per heavy atom. The summed E-state index contributed by atoms with van der Waals surface area (Å²) in [6.45, 7) is 0.698. The number of anilines is 1. The van der Waals surface area contributed by atoms with Crippen LogP contribution >= 0.6 is 0 Å². The maximum Gasteiger partial charge on any atom is 0.337 e. The topological polar surface area (TPSA) is 71.5 Å². The second-order valence-electron chi connectivity index (χ2n) is 6.55. The SMILES string of the molecule is O=C(O)c1ccncc1N/C=C/C1CCOc2cc(C3CC3)ccc21. The van der Waals surface area contributed by atoms with Crippen molar-refractivity contribution in [1.82, 2.24) is 4.98 Å². The third kappa shape index (κ3) is 3.36. The van der Waals surface area contributed by atoms with Crippen molar-refractivity contribution in [2.45, 2.75) is 31.1 Å². The number of hydrogen-bond donors (Lipinski definition) is 2. The van der Waals surface area contributed by atoms with Crippen molar-refractivity contribution in [2.75, 3.05) is 11.9 Å². The van der Waals surface area contributed by atoms with E-state index in [-0.39, 0.29) is 11.5 Å². The first-order valence-electron chi connectivity index (χ1n) is 8.59. The highest BCUT2D eigenvalue weighted by Gasteiger charge is 2.26. The number of pyridine rings is 1. The van der Waals surface area contributed by atoms with Crippen LogP contribution in [-0.2, 0) is 0 Å². The number of nitrogens with one attached hydrogen (secondary N) is 1. The molecule has 128 valence electrons. The molecule has 0 amide bonds. The zero-order valence-electron chi connectivity index (χ0n) is 13.8. The summed E-state index contributed by atoms with van der Waals surface area (Å²) < 4.78 is 5.85. The van der Waals surface area contributed by atoms with Crippen LogP contribution < -0.4 is 10.1 Å². The second kappa shape index (κ2) is 6.59. The number of carboxylic acid groups (broad SMARTS) is 1. The maximum absolute atomic E-state index is 11.2. The van der Waals surface area contributed by atoms with Gasteiger partial charge in [0.25, 0.3) is 0 Å². The molecule has 5 nitrogen and oxygen atoms in total. The smallest absolute Gasteiger partial charge is 0.337 e. The third-order valence-electron chi connectivity index (χ3n) is 4.79. The van der Waals surface area contributed by atoms with Gasteiger partial charge in [0.2, 0.25) is 0 Å². The van der Waals surface area contributed by atoms with Crippen LogP contribution in [0.5, 0.6) is 5.75 Å². The molecular formula is C20H20N2O3. The second-order valence-corrected chi connectivity index (χ2v) is 6.55. The van der Waals surface area contributed by atoms with Crippen molar-refractivity contribution in [3.63, 3.8) is 0 Å². The molecule has 25 heavy (non-hydrogen) atoms. The molecule has 2 N–H and O–H groups in total. The van der Waals surface area contributed by atoms with Crippen molar-refractivity contribution < 1.29 is 14.6 Å². The highest BCUT2D eigenvalue weighted by molar-refractivity contribution is 5.94. The molecule has 5 heteroatoms. The quantitative estimate of drug-likeness (QED) is 0.858. The zero-order valence-corrected chi connectivity index (χ0v) is 13.8. The molecule has 1 aliphatic heterocycles. The zero-order chi connectivity index (χ0) is 17.2. The normalized spacial score (nSPS) is 19.3. The van der Waals surface area contributed by atoms with E-state index < -0.39 is 5.97 Å². The highest BCUT2D eigenvalue weighted by atomic mass is 16.5. The van der Waals surface area contributed by atoms with Crippen LogP contribution in [0.15, 0.2) is 48.9 Å². The van der Waals surface area contributed by atoms with E-state index in [1.54, 1.807) is 6.20 Å². The van der Waals surface area contributed by atoms with Gasteiger partial charge in [-0.3, -0.25) is 4.98 Å². The molecule has 1 aromatic carbocycles. The summed E-state index contributed by atoms with van der Waals surface area (Å²) >= 11 is 0. The van der Waals surface area contributed by atoms with E-state index >= 15 is 0 Å². The first kappa shape index (κ1) is 15.7. The van der Waals surface area contributed by atoms with Crippen LogP contribution in [0.2, 0.25) is 0 Å². The number of hydrogen-bond acceptors (Lipinski definition) is 4. The molecule has 1 saturated carbocycles. The largest absolute Gasteiger partial charge is 0.493 e.